The number of terminal acetylenes is 1. The van der Waals surface area contributed by atoms with Crippen LogP contribution >= 0.6 is 24.8 Å². The van der Waals surface area contributed by atoms with Gasteiger partial charge < -0.3 is 10.6 Å². The van der Waals surface area contributed by atoms with E-state index in [1.807, 2.05) is 0 Å². The maximum Gasteiger partial charge on any atom is 0.0797 e. The van der Waals surface area contributed by atoms with Crippen LogP contribution in [0, 0.1) is 12.3 Å². The maximum atomic E-state index is 5.86. The Balaban J connectivity index is 0. The lowest BCUT2D eigenvalue weighted by Gasteiger charge is -2.33. The number of nitrogens with zero attached hydrogens (tertiary/aromatic N) is 1. The second kappa shape index (κ2) is 5.66. The Labute approximate surface area is 86.7 Å². The summed E-state index contributed by atoms with van der Waals surface area (Å²) in [4.78, 5) is 2.25. The minimum absolute atomic E-state index is 0. The lowest BCUT2D eigenvalue weighted by Crippen LogP contribution is -2.48. The fraction of sp³-hybridized carbons (Fsp3) is 0.750. The van der Waals surface area contributed by atoms with Crippen molar-refractivity contribution < 1.29 is 0 Å². The van der Waals surface area contributed by atoms with Gasteiger partial charge in [0.05, 0.1) is 5.54 Å². The van der Waals surface area contributed by atoms with Gasteiger partial charge in [0.1, 0.15) is 0 Å². The molecule has 0 radical (unpaired) electrons. The van der Waals surface area contributed by atoms with Gasteiger partial charge in [-0.25, -0.2) is 0 Å². The van der Waals surface area contributed by atoms with Crippen LogP contribution < -0.4 is 5.73 Å². The van der Waals surface area contributed by atoms with Crippen LogP contribution in [0.5, 0.6) is 0 Å². The van der Waals surface area contributed by atoms with E-state index in [0.29, 0.717) is 0 Å². The summed E-state index contributed by atoms with van der Waals surface area (Å²) >= 11 is 0. The molecule has 1 rings (SSSR count). The third kappa shape index (κ3) is 3.64. The summed E-state index contributed by atoms with van der Waals surface area (Å²) in [6.45, 7) is 2.06. The number of halogens is 2. The van der Waals surface area contributed by atoms with Crippen molar-refractivity contribution in [2.45, 2.75) is 18.4 Å². The maximum absolute atomic E-state index is 5.86. The van der Waals surface area contributed by atoms with Gasteiger partial charge >= 0.3 is 0 Å². The summed E-state index contributed by atoms with van der Waals surface area (Å²) in [5, 5.41) is 0. The molecule has 1 saturated heterocycles. The number of rotatable bonds is 0. The molecule has 12 heavy (non-hydrogen) atoms. The largest absolute Gasteiger partial charge is 0.315 e. The third-order valence-corrected chi connectivity index (χ3v) is 2.17. The molecule has 2 N–H and O–H groups in total. The zero-order chi connectivity index (χ0) is 7.61. The molecule has 0 saturated carbocycles. The average Bonchev–Trinajstić information content (AvgIpc) is 1.96. The lowest BCUT2D eigenvalue weighted by molar-refractivity contribution is 0.226. The van der Waals surface area contributed by atoms with Crippen molar-refractivity contribution in [2.75, 3.05) is 20.1 Å². The van der Waals surface area contributed by atoms with Crippen molar-refractivity contribution >= 4 is 24.8 Å². The van der Waals surface area contributed by atoms with Gasteiger partial charge in [-0.15, -0.1) is 31.2 Å². The van der Waals surface area contributed by atoms with Crippen LogP contribution in [0.3, 0.4) is 0 Å². The topological polar surface area (TPSA) is 29.3 Å². The zero-order valence-electron chi connectivity index (χ0n) is 7.25. The van der Waals surface area contributed by atoms with Crippen molar-refractivity contribution in [3.05, 3.63) is 0 Å². The van der Waals surface area contributed by atoms with E-state index in [2.05, 4.69) is 17.9 Å². The van der Waals surface area contributed by atoms with E-state index >= 15 is 0 Å². The zero-order valence-corrected chi connectivity index (χ0v) is 8.88. The highest BCUT2D eigenvalue weighted by Gasteiger charge is 2.26. The Morgan fingerprint density at radius 3 is 2.08 bits per heavy atom. The molecule has 1 heterocycles. The highest BCUT2D eigenvalue weighted by Crippen LogP contribution is 2.16. The van der Waals surface area contributed by atoms with Crippen molar-refractivity contribution in [2.24, 2.45) is 5.73 Å². The van der Waals surface area contributed by atoms with E-state index in [1.54, 1.807) is 0 Å². The minimum atomic E-state index is -0.313. The molecule has 2 nitrogen and oxygen atoms in total. The van der Waals surface area contributed by atoms with Gasteiger partial charge in [-0.1, -0.05) is 5.92 Å². The quantitative estimate of drug-likeness (QED) is 0.603. The number of piperidine rings is 1. The van der Waals surface area contributed by atoms with E-state index in [1.165, 1.54) is 0 Å². The fourth-order valence-electron chi connectivity index (χ4n) is 1.16. The highest BCUT2D eigenvalue weighted by molar-refractivity contribution is 5.85. The molecular formula is C8H16Cl2N2. The number of hydrogen-bond acceptors (Lipinski definition) is 2. The van der Waals surface area contributed by atoms with Gasteiger partial charge in [0.15, 0.2) is 0 Å². The normalized spacial score (nSPS) is 21.4. The van der Waals surface area contributed by atoms with Crippen LogP contribution in [0.15, 0.2) is 0 Å². The monoisotopic (exact) mass is 210 g/mol. The SMILES string of the molecule is C#CC1(N)CCN(C)CC1.Cl.Cl. The second-order valence-corrected chi connectivity index (χ2v) is 3.10. The summed E-state index contributed by atoms with van der Waals surface area (Å²) in [6.07, 6.45) is 7.15. The molecule has 0 aromatic carbocycles. The minimum Gasteiger partial charge on any atom is -0.315 e. The standard InChI is InChI=1S/C8H14N2.2ClH/c1-3-8(9)4-6-10(2)7-5-8;;/h1H,4-7,9H2,2H3;2*1H. The molecule has 1 aliphatic heterocycles. The highest BCUT2D eigenvalue weighted by atomic mass is 35.5. The Morgan fingerprint density at radius 1 is 1.33 bits per heavy atom. The van der Waals surface area contributed by atoms with E-state index in [0.717, 1.165) is 25.9 Å². The van der Waals surface area contributed by atoms with E-state index in [4.69, 9.17) is 12.2 Å². The van der Waals surface area contributed by atoms with Crippen molar-refractivity contribution in [3.8, 4) is 12.3 Å². The smallest absolute Gasteiger partial charge is 0.0797 e. The van der Waals surface area contributed by atoms with Crippen molar-refractivity contribution in [1.29, 1.82) is 0 Å². The second-order valence-electron chi connectivity index (χ2n) is 3.10. The van der Waals surface area contributed by atoms with Gasteiger partial charge in [0, 0.05) is 13.1 Å². The van der Waals surface area contributed by atoms with Crippen molar-refractivity contribution in [1.82, 2.24) is 4.90 Å². The first-order chi connectivity index (χ1) is 4.66. The molecule has 72 valence electrons. The molecule has 0 bridgehead atoms. The molecule has 0 atom stereocenters. The fourth-order valence-corrected chi connectivity index (χ4v) is 1.16. The third-order valence-electron chi connectivity index (χ3n) is 2.17. The Bertz CT molecular complexity index is 157. The summed E-state index contributed by atoms with van der Waals surface area (Å²) in [5.74, 6) is 2.65. The summed E-state index contributed by atoms with van der Waals surface area (Å²) in [5.41, 5.74) is 5.54. The van der Waals surface area contributed by atoms with Gasteiger partial charge in [-0.05, 0) is 19.9 Å². The number of nitrogens with two attached hydrogens (primary N) is 1. The van der Waals surface area contributed by atoms with E-state index in [9.17, 15) is 0 Å². The molecular weight excluding hydrogens is 195 g/mol. The first-order valence-corrected chi connectivity index (χ1v) is 3.61. The molecule has 0 amide bonds. The molecule has 0 aromatic heterocycles. The van der Waals surface area contributed by atoms with Crippen LogP contribution in [0.25, 0.3) is 0 Å². The summed E-state index contributed by atoms with van der Waals surface area (Å²) < 4.78 is 0. The summed E-state index contributed by atoms with van der Waals surface area (Å²) in [7, 11) is 2.09. The molecule has 4 heteroatoms. The molecule has 1 aliphatic rings. The van der Waals surface area contributed by atoms with Gasteiger partial charge in [0.25, 0.3) is 0 Å². The van der Waals surface area contributed by atoms with Crippen LogP contribution in [0.4, 0.5) is 0 Å². The van der Waals surface area contributed by atoms with Crippen LogP contribution in [-0.2, 0) is 0 Å². The predicted octanol–water partition coefficient (Wildman–Crippen LogP) is 0.886. The van der Waals surface area contributed by atoms with Crippen molar-refractivity contribution in [3.63, 3.8) is 0 Å². The Kier molecular flexibility index (Phi) is 6.88. The Hall–Kier alpha value is 0.0600. The predicted molar refractivity (Wildman–Crippen MR) is 57.0 cm³/mol. The Morgan fingerprint density at radius 2 is 1.75 bits per heavy atom. The van der Waals surface area contributed by atoms with Gasteiger partial charge in [-0.2, -0.15) is 0 Å². The first-order valence-electron chi connectivity index (χ1n) is 3.61. The molecule has 0 spiro atoms. The van der Waals surface area contributed by atoms with E-state index < -0.39 is 0 Å². The van der Waals surface area contributed by atoms with Gasteiger partial charge in [0.2, 0.25) is 0 Å². The van der Waals surface area contributed by atoms with E-state index in [-0.39, 0.29) is 30.4 Å². The first kappa shape index (κ1) is 14.6. The van der Waals surface area contributed by atoms with Crippen LogP contribution in [0.2, 0.25) is 0 Å². The molecule has 0 unspecified atom stereocenters. The molecule has 1 fully saturated rings. The number of hydrogen-bond donors (Lipinski definition) is 1. The van der Waals surface area contributed by atoms with Gasteiger partial charge in [-0.3, -0.25) is 0 Å². The lowest BCUT2D eigenvalue weighted by atomic mass is 9.90. The average molecular weight is 211 g/mol. The molecule has 0 aromatic rings. The number of likely N-dealkylation sites (tertiary alicyclic amines) is 1. The van der Waals surface area contributed by atoms with Crippen LogP contribution in [-0.4, -0.2) is 30.6 Å². The summed E-state index contributed by atoms with van der Waals surface area (Å²) in [6, 6.07) is 0. The molecule has 0 aliphatic carbocycles. The van der Waals surface area contributed by atoms with Crippen LogP contribution in [0.1, 0.15) is 12.8 Å².